The van der Waals surface area contributed by atoms with Crippen LogP contribution in [0.3, 0.4) is 0 Å². The van der Waals surface area contributed by atoms with Crippen molar-refractivity contribution in [3.05, 3.63) is 16.6 Å². The molecule has 0 atom stereocenters. The van der Waals surface area contributed by atoms with Gasteiger partial charge in [-0.1, -0.05) is 13.8 Å². The van der Waals surface area contributed by atoms with Gasteiger partial charge in [-0.05, 0) is 4.90 Å². The van der Waals surface area contributed by atoms with Crippen molar-refractivity contribution in [2.45, 2.75) is 19.8 Å². The van der Waals surface area contributed by atoms with Crippen molar-refractivity contribution >= 4 is 6.29 Å². The second-order valence-electron chi connectivity index (χ2n) is 2.47. The van der Waals surface area contributed by atoms with Crippen molar-refractivity contribution in [3.8, 4) is 0 Å². The Morgan fingerprint density at radius 1 is 1.73 bits per heavy atom. The molecular formula is C6H8N2O3. The first-order chi connectivity index (χ1) is 5.16. The van der Waals surface area contributed by atoms with Gasteiger partial charge in [0.1, 0.15) is 0 Å². The lowest BCUT2D eigenvalue weighted by molar-refractivity contribution is -0.808. The second-order valence-corrected chi connectivity index (χ2v) is 2.47. The van der Waals surface area contributed by atoms with E-state index in [0.717, 1.165) is 0 Å². The zero-order valence-corrected chi connectivity index (χ0v) is 6.27. The lowest BCUT2D eigenvalue weighted by atomic mass is 10.1. The van der Waals surface area contributed by atoms with E-state index in [1.807, 2.05) is 0 Å². The summed E-state index contributed by atoms with van der Waals surface area (Å²) in [5.41, 5.74) is 0.356. The molecule has 0 aliphatic carbocycles. The van der Waals surface area contributed by atoms with Crippen LogP contribution in [0.1, 0.15) is 35.9 Å². The highest BCUT2D eigenvalue weighted by atomic mass is 16.8. The van der Waals surface area contributed by atoms with Crippen LogP contribution in [0.4, 0.5) is 0 Å². The average Bonchev–Trinajstić information content (AvgIpc) is 2.30. The summed E-state index contributed by atoms with van der Waals surface area (Å²) in [6.07, 6.45) is 0.507. The zero-order chi connectivity index (χ0) is 8.43. The molecule has 0 fully saturated rings. The first-order valence-electron chi connectivity index (χ1n) is 3.21. The van der Waals surface area contributed by atoms with Crippen LogP contribution in [-0.2, 0) is 0 Å². The predicted molar refractivity (Wildman–Crippen MR) is 34.9 cm³/mol. The van der Waals surface area contributed by atoms with Gasteiger partial charge < -0.3 is 5.21 Å². The molecule has 0 saturated carbocycles. The molecular weight excluding hydrogens is 148 g/mol. The van der Waals surface area contributed by atoms with E-state index in [2.05, 4.69) is 9.79 Å². The molecule has 5 heteroatoms. The highest BCUT2D eigenvalue weighted by Gasteiger charge is 2.20. The van der Waals surface area contributed by atoms with Gasteiger partial charge in [-0.2, -0.15) is 0 Å². The number of aromatic nitrogens is 2. The maximum absolute atomic E-state index is 10.8. The minimum absolute atomic E-state index is 0.0565. The monoisotopic (exact) mass is 156 g/mol. The van der Waals surface area contributed by atoms with Crippen LogP contribution in [-0.4, -0.2) is 11.4 Å². The molecule has 1 heterocycles. The van der Waals surface area contributed by atoms with E-state index < -0.39 is 0 Å². The summed E-state index contributed by atoms with van der Waals surface area (Å²) < 4.78 is 4.23. The quantitative estimate of drug-likeness (QED) is 0.454. The summed E-state index contributed by atoms with van der Waals surface area (Å²) in [4.78, 5) is 10.5. The highest BCUT2D eigenvalue weighted by Crippen LogP contribution is 2.11. The summed E-state index contributed by atoms with van der Waals surface area (Å²) >= 11 is 0. The van der Waals surface area contributed by atoms with Crippen LogP contribution in [0.5, 0.6) is 0 Å². The van der Waals surface area contributed by atoms with Gasteiger partial charge in [0.15, 0.2) is 6.29 Å². The summed E-state index contributed by atoms with van der Waals surface area (Å²) in [6.45, 7) is 3.57. The van der Waals surface area contributed by atoms with Crippen molar-refractivity contribution in [1.29, 1.82) is 0 Å². The molecule has 0 amide bonds. The number of hydrogen-bond acceptors (Lipinski definition) is 4. The zero-order valence-electron chi connectivity index (χ0n) is 6.27. The second kappa shape index (κ2) is 2.69. The SMILES string of the molecule is CC(C)c1c(C=O)no[n+]1[O-]. The fourth-order valence-electron chi connectivity index (χ4n) is 0.854. The van der Waals surface area contributed by atoms with E-state index in [1.54, 1.807) is 13.8 Å². The molecule has 0 aliphatic rings. The average molecular weight is 156 g/mol. The molecule has 0 saturated heterocycles. The summed E-state index contributed by atoms with van der Waals surface area (Å²) in [5, 5.41) is 14.0. The number of carbonyl (C=O) groups is 1. The van der Waals surface area contributed by atoms with E-state index in [1.165, 1.54) is 0 Å². The molecule has 60 valence electrons. The Morgan fingerprint density at radius 3 is 2.73 bits per heavy atom. The highest BCUT2D eigenvalue weighted by molar-refractivity contribution is 5.72. The summed E-state index contributed by atoms with van der Waals surface area (Å²) in [7, 11) is 0. The number of carbonyl (C=O) groups excluding carboxylic acids is 1. The molecule has 1 aromatic rings. The molecule has 0 aromatic carbocycles. The van der Waals surface area contributed by atoms with E-state index in [4.69, 9.17) is 0 Å². The Bertz CT molecular complexity index is 267. The third kappa shape index (κ3) is 1.21. The number of aldehydes is 1. The van der Waals surface area contributed by atoms with Gasteiger partial charge in [0.2, 0.25) is 5.69 Å². The van der Waals surface area contributed by atoms with Gasteiger partial charge in [0, 0.05) is 11.1 Å². The van der Waals surface area contributed by atoms with Gasteiger partial charge in [0.25, 0.3) is 5.69 Å². The van der Waals surface area contributed by atoms with Crippen LogP contribution >= 0.6 is 0 Å². The molecule has 0 spiro atoms. The molecule has 0 bridgehead atoms. The molecule has 0 radical (unpaired) electrons. The van der Waals surface area contributed by atoms with Gasteiger partial charge in [0.05, 0.1) is 0 Å². The normalized spacial score (nSPS) is 10.5. The maximum Gasteiger partial charge on any atom is 0.283 e. The third-order valence-corrected chi connectivity index (χ3v) is 1.33. The standard InChI is InChI=1S/C6H8N2O3/c1-4(2)6-5(3-9)7-11-8(6)10/h3-4H,1-2H3. The lowest BCUT2D eigenvalue weighted by Gasteiger charge is -1.97. The molecule has 0 aliphatic heterocycles. The minimum Gasteiger partial charge on any atom is -0.359 e. The molecule has 0 N–H and O–H groups in total. The van der Waals surface area contributed by atoms with E-state index in [-0.39, 0.29) is 22.2 Å². The number of hydrogen-bond donors (Lipinski definition) is 0. The topological polar surface area (TPSA) is 70.0 Å². The van der Waals surface area contributed by atoms with Crippen molar-refractivity contribution in [3.63, 3.8) is 0 Å². The van der Waals surface area contributed by atoms with E-state index in [9.17, 15) is 10.0 Å². The van der Waals surface area contributed by atoms with Gasteiger partial charge in [-0.3, -0.25) is 9.42 Å². The lowest BCUT2D eigenvalue weighted by Crippen LogP contribution is -2.29. The Kier molecular flexibility index (Phi) is 1.89. The fourth-order valence-corrected chi connectivity index (χ4v) is 0.854. The van der Waals surface area contributed by atoms with Crippen LogP contribution in [0.25, 0.3) is 0 Å². The Balaban J connectivity index is 3.17. The number of rotatable bonds is 2. The van der Waals surface area contributed by atoms with Crippen LogP contribution < -0.4 is 4.90 Å². The molecule has 0 unspecified atom stereocenters. The van der Waals surface area contributed by atoms with E-state index in [0.29, 0.717) is 6.29 Å². The Morgan fingerprint density at radius 2 is 2.36 bits per heavy atom. The molecule has 1 aromatic heterocycles. The Labute approximate surface area is 63.1 Å². The van der Waals surface area contributed by atoms with E-state index >= 15 is 0 Å². The first kappa shape index (κ1) is 7.71. The van der Waals surface area contributed by atoms with Crippen LogP contribution in [0.15, 0.2) is 4.63 Å². The number of nitrogens with zero attached hydrogens (tertiary/aromatic N) is 2. The van der Waals surface area contributed by atoms with Crippen molar-refractivity contribution in [2.75, 3.05) is 0 Å². The minimum atomic E-state index is -0.0565. The first-order valence-corrected chi connectivity index (χ1v) is 3.21. The Hall–Kier alpha value is -1.39. The van der Waals surface area contributed by atoms with Crippen molar-refractivity contribution < 1.29 is 14.3 Å². The van der Waals surface area contributed by atoms with Gasteiger partial charge in [-0.15, -0.1) is 0 Å². The molecule has 5 nitrogen and oxygen atoms in total. The molecule has 11 heavy (non-hydrogen) atoms. The smallest absolute Gasteiger partial charge is 0.283 e. The van der Waals surface area contributed by atoms with Gasteiger partial charge in [-0.25, -0.2) is 0 Å². The van der Waals surface area contributed by atoms with Crippen LogP contribution in [0, 0.1) is 5.21 Å². The van der Waals surface area contributed by atoms with Crippen LogP contribution in [0.2, 0.25) is 0 Å². The molecule has 1 rings (SSSR count). The summed E-state index contributed by atoms with van der Waals surface area (Å²) in [6, 6.07) is 0. The van der Waals surface area contributed by atoms with Crippen molar-refractivity contribution in [1.82, 2.24) is 5.16 Å². The fraction of sp³-hybridized carbons (Fsp3) is 0.500. The maximum atomic E-state index is 10.8. The summed E-state index contributed by atoms with van der Waals surface area (Å²) in [5.74, 6) is -0.0565. The van der Waals surface area contributed by atoms with Crippen molar-refractivity contribution in [2.24, 2.45) is 0 Å². The third-order valence-electron chi connectivity index (χ3n) is 1.33. The predicted octanol–water partition coefficient (Wildman–Crippen LogP) is 0.244. The largest absolute Gasteiger partial charge is 0.359 e. The van der Waals surface area contributed by atoms with Gasteiger partial charge >= 0.3 is 0 Å².